The second-order valence-corrected chi connectivity index (χ2v) is 7.88. The third-order valence-corrected chi connectivity index (χ3v) is 5.61. The number of morpholine rings is 1. The summed E-state index contributed by atoms with van der Waals surface area (Å²) < 4.78 is 49.9. The first-order valence-corrected chi connectivity index (χ1v) is 10.5. The molecule has 12 heteroatoms. The van der Waals surface area contributed by atoms with E-state index in [1.165, 1.54) is 31.3 Å². The van der Waals surface area contributed by atoms with Gasteiger partial charge in [-0.05, 0) is 36.4 Å². The number of alkyl halides is 3. The molecule has 2 aliphatic rings. The van der Waals surface area contributed by atoms with E-state index in [0.717, 1.165) is 17.0 Å². The van der Waals surface area contributed by atoms with Gasteiger partial charge in [0.05, 0.1) is 46.8 Å². The Morgan fingerprint density at radius 2 is 1.71 bits per heavy atom. The molecule has 0 saturated carbocycles. The summed E-state index contributed by atoms with van der Waals surface area (Å²) in [5.74, 6) is -2.85. The summed E-state index contributed by atoms with van der Waals surface area (Å²) in [5, 5.41) is 2.38. The second kappa shape index (κ2) is 9.37. The van der Waals surface area contributed by atoms with E-state index in [2.05, 4.69) is 5.32 Å². The van der Waals surface area contributed by atoms with Crippen LogP contribution in [0.1, 0.15) is 36.6 Å². The Labute approximate surface area is 197 Å². The zero-order valence-corrected chi connectivity index (χ0v) is 18.5. The summed E-state index contributed by atoms with van der Waals surface area (Å²) in [5.41, 5.74) is -0.507. The van der Waals surface area contributed by atoms with Crippen molar-refractivity contribution in [3.8, 4) is 0 Å². The first kappa shape index (κ1) is 24.2. The van der Waals surface area contributed by atoms with Crippen LogP contribution in [0.15, 0.2) is 36.4 Å². The molecule has 2 aromatic rings. The standard InChI is InChI=1S/C23H20F3N3O6/c1-28-20(31)15-4-2-13(10-16(15)21(28)32)22(33)35-12-19(30)27-17-11-14(23(24,25)26)3-5-18(17)29-6-8-34-9-7-29/h2-5,10-11H,6-9,12H2,1H3,(H,27,30). The highest BCUT2D eigenvalue weighted by molar-refractivity contribution is 6.21. The minimum atomic E-state index is -4.62. The lowest BCUT2D eigenvalue weighted by molar-refractivity contribution is -0.137. The lowest BCUT2D eigenvalue weighted by atomic mass is 10.1. The lowest BCUT2D eigenvalue weighted by Gasteiger charge is -2.31. The molecular weight excluding hydrogens is 471 g/mol. The molecule has 3 amide bonds. The fourth-order valence-corrected chi connectivity index (χ4v) is 3.78. The minimum Gasteiger partial charge on any atom is -0.452 e. The lowest BCUT2D eigenvalue weighted by Crippen LogP contribution is -2.37. The van der Waals surface area contributed by atoms with Crippen molar-refractivity contribution in [2.75, 3.05) is 50.2 Å². The molecular formula is C23H20F3N3O6. The van der Waals surface area contributed by atoms with Crippen LogP contribution in [0.25, 0.3) is 0 Å². The number of hydrogen-bond donors (Lipinski definition) is 1. The number of halogens is 3. The van der Waals surface area contributed by atoms with Crippen LogP contribution in [-0.4, -0.2) is 68.5 Å². The average Bonchev–Trinajstić information content (AvgIpc) is 3.06. The highest BCUT2D eigenvalue weighted by Gasteiger charge is 2.34. The predicted octanol–water partition coefficient (Wildman–Crippen LogP) is 2.56. The van der Waals surface area contributed by atoms with Crippen LogP contribution >= 0.6 is 0 Å². The number of benzene rings is 2. The third-order valence-electron chi connectivity index (χ3n) is 5.61. The van der Waals surface area contributed by atoms with Crippen molar-refractivity contribution in [2.24, 2.45) is 0 Å². The summed E-state index contributed by atoms with van der Waals surface area (Å²) in [6.07, 6.45) is -4.62. The molecule has 2 aromatic carbocycles. The first-order valence-electron chi connectivity index (χ1n) is 10.5. The monoisotopic (exact) mass is 491 g/mol. The van der Waals surface area contributed by atoms with E-state index >= 15 is 0 Å². The second-order valence-electron chi connectivity index (χ2n) is 7.88. The number of carbonyl (C=O) groups excluding carboxylic acids is 4. The van der Waals surface area contributed by atoms with Crippen LogP contribution in [0.2, 0.25) is 0 Å². The maximum atomic E-state index is 13.2. The summed E-state index contributed by atoms with van der Waals surface area (Å²) in [7, 11) is 1.31. The highest BCUT2D eigenvalue weighted by Crippen LogP contribution is 2.35. The summed E-state index contributed by atoms with van der Waals surface area (Å²) in [6.45, 7) is 0.852. The van der Waals surface area contributed by atoms with Gasteiger partial charge in [-0.15, -0.1) is 0 Å². The fraction of sp³-hybridized carbons (Fsp3) is 0.304. The van der Waals surface area contributed by atoms with Crippen LogP contribution in [0.3, 0.4) is 0 Å². The minimum absolute atomic E-state index is 0.0375. The molecule has 2 aliphatic heterocycles. The molecule has 2 heterocycles. The Bertz CT molecular complexity index is 1210. The van der Waals surface area contributed by atoms with Crippen molar-refractivity contribution in [3.05, 3.63) is 58.7 Å². The molecule has 0 bridgehead atoms. The molecule has 0 aliphatic carbocycles. The maximum absolute atomic E-state index is 13.2. The van der Waals surface area contributed by atoms with Crippen molar-refractivity contribution >= 4 is 35.1 Å². The van der Waals surface area contributed by atoms with Crippen LogP contribution in [0, 0.1) is 0 Å². The van der Waals surface area contributed by atoms with E-state index in [0.29, 0.717) is 32.0 Å². The predicted molar refractivity (Wildman–Crippen MR) is 116 cm³/mol. The van der Waals surface area contributed by atoms with Gasteiger partial charge in [0.1, 0.15) is 0 Å². The molecule has 0 aromatic heterocycles. The molecule has 4 rings (SSSR count). The Morgan fingerprint density at radius 1 is 1.03 bits per heavy atom. The fourth-order valence-electron chi connectivity index (χ4n) is 3.78. The average molecular weight is 491 g/mol. The van der Waals surface area contributed by atoms with Crippen molar-refractivity contribution in [3.63, 3.8) is 0 Å². The topological polar surface area (TPSA) is 105 Å². The Morgan fingerprint density at radius 3 is 2.40 bits per heavy atom. The Kier molecular flexibility index (Phi) is 6.48. The zero-order chi connectivity index (χ0) is 25.3. The first-order chi connectivity index (χ1) is 16.6. The number of rotatable bonds is 5. The van der Waals surface area contributed by atoms with Gasteiger partial charge >= 0.3 is 12.1 Å². The number of hydrogen-bond acceptors (Lipinski definition) is 7. The number of fused-ring (bicyclic) bond motifs is 1. The molecule has 35 heavy (non-hydrogen) atoms. The van der Waals surface area contributed by atoms with Gasteiger partial charge in [0.2, 0.25) is 0 Å². The molecule has 0 unspecified atom stereocenters. The van der Waals surface area contributed by atoms with Gasteiger partial charge in [-0.3, -0.25) is 19.3 Å². The van der Waals surface area contributed by atoms with Crippen LogP contribution in [0.5, 0.6) is 0 Å². The van der Waals surface area contributed by atoms with Crippen LogP contribution < -0.4 is 10.2 Å². The van der Waals surface area contributed by atoms with Gasteiger partial charge in [-0.2, -0.15) is 13.2 Å². The van der Waals surface area contributed by atoms with Crippen molar-refractivity contribution in [1.29, 1.82) is 0 Å². The van der Waals surface area contributed by atoms with E-state index in [4.69, 9.17) is 9.47 Å². The zero-order valence-electron chi connectivity index (χ0n) is 18.5. The van der Waals surface area contributed by atoms with Crippen molar-refractivity contribution < 1.29 is 41.8 Å². The molecule has 0 radical (unpaired) electrons. The Hall–Kier alpha value is -3.93. The van der Waals surface area contributed by atoms with E-state index in [1.54, 1.807) is 4.90 Å². The van der Waals surface area contributed by atoms with Gasteiger partial charge in [0.25, 0.3) is 17.7 Å². The number of nitrogens with one attached hydrogen (secondary N) is 1. The maximum Gasteiger partial charge on any atom is 0.416 e. The largest absolute Gasteiger partial charge is 0.452 e. The molecule has 1 fully saturated rings. The van der Waals surface area contributed by atoms with Gasteiger partial charge in [0, 0.05) is 20.1 Å². The quantitative estimate of drug-likeness (QED) is 0.506. The number of carbonyl (C=O) groups is 4. The number of esters is 1. The van der Waals surface area contributed by atoms with E-state index in [-0.39, 0.29) is 22.4 Å². The smallest absolute Gasteiger partial charge is 0.416 e. The number of ether oxygens (including phenoxy) is 2. The number of imide groups is 1. The van der Waals surface area contributed by atoms with E-state index in [1.807, 2.05) is 0 Å². The molecule has 1 N–H and O–H groups in total. The van der Waals surface area contributed by atoms with Crippen LogP contribution in [0.4, 0.5) is 24.5 Å². The molecule has 0 spiro atoms. The van der Waals surface area contributed by atoms with Crippen molar-refractivity contribution in [2.45, 2.75) is 6.18 Å². The van der Waals surface area contributed by atoms with Gasteiger partial charge in [-0.25, -0.2) is 4.79 Å². The molecule has 1 saturated heterocycles. The summed E-state index contributed by atoms with van der Waals surface area (Å²) in [4.78, 5) is 51.6. The third kappa shape index (κ3) is 4.97. The SMILES string of the molecule is CN1C(=O)c2ccc(C(=O)OCC(=O)Nc3cc(C(F)(F)F)ccc3N3CCOCC3)cc2C1=O. The van der Waals surface area contributed by atoms with Gasteiger partial charge < -0.3 is 19.7 Å². The van der Waals surface area contributed by atoms with E-state index in [9.17, 15) is 32.3 Å². The number of nitrogens with zero attached hydrogens (tertiary/aromatic N) is 2. The highest BCUT2D eigenvalue weighted by atomic mass is 19.4. The number of anilines is 2. The molecule has 184 valence electrons. The van der Waals surface area contributed by atoms with Gasteiger partial charge in [0.15, 0.2) is 6.61 Å². The summed E-state index contributed by atoms with van der Waals surface area (Å²) >= 11 is 0. The molecule has 0 atom stereocenters. The summed E-state index contributed by atoms with van der Waals surface area (Å²) in [6, 6.07) is 6.82. The molecule has 9 nitrogen and oxygen atoms in total. The normalized spacial score (nSPS) is 15.8. The Balaban J connectivity index is 1.46. The van der Waals surface area contributed by atoms with Crippen LogP contribution in [-0.2, 0) is 20.4 Å². The van der Waals surface area contributed by atoms with E-state index < -0.39 is 42.0 Å². The van der Waals surface area contributed by atoms with Crippen molar-refractivity contribution in [1.82, 2.24) is 4.90 Å². The number of amides is 3. The van der Waals surface area contributed by atoms with Gasteiger partial charge in [-0.1, -0.05) is 0 Å².